The number of hydrogen-bond acceptors (Lipinski definition) is 3. The molecule has 25 heavy (non-hydrogen) atoms. The molecular formula is C17H30IN7. The summed E-state index contributed by atoms with van der Waals surface area (Å²) < 4.78 is 3.81. The molecule has 0 saturated carbocycles. The second-order valence-corrected chi connectivity index (χ2v) is 5.98. The van der Waals surface area contributed by atoms with Crippen LogP contribution in [0.1, 0.15) is 36.4 Å². The zero-order valence-electron chi connectivity index (χ0n) is 16.1. The Morgan fingerprint density at radius 1 is 1.28 bits per heavy atom. The lowest BCUT2D eigenvalue weighted by Gasteiger charge is -2.21. The Kier molecular flexibility index (Phi) is 8.40. The summed E-state index contributed by atoms with van der Waals surface area (Å²) in [6.07, 6.45) is 5.82. The predicted molar refractivity (Wildman–Crippen MR) is 112 cm³/mol. The maximum absolute atomic E-state index is 4.63. The molecular weight excluding hydrogens is 429 g/mol. The summed E-state index contributed by atoms with van der Waals surface area (Å²) in [5.41, 5.74) is 4.89. The Morgan fingerprint density at radius 3 is 2.52 bits per heavy atom. The number of rotatable bonds is 6. The van der Waals surface area contributed by atoms with Crippen molar-refractivity contribution in [3.63, 3.8) is 0 Å². The predicted octanol–water partition coefficient (Wildman–Crippen LogP) is 2.10. The van der Waals surface area contributed by atoms with Crippen LogP contribution in [0.2, 0.25) is 0 Å². The highest BCUT2D eigenvalue weighted by molar-refractivity contribution is 14.0. The topological polar surface area (TPSA) is 63.3 Å². The van der Waals surface area contributed by atoms with E-state index in [2.05, 4.69) is 39.3 Å². The third-order valence-corrected chi connectivity index (χ3v) is 4.20. The summed E-state index contributed by atoms with van der Waals surface area (Å²) in [7, 11) is 7.79. The Morgan fingerprint density at radius 2 is 2.00 bits per heavy atom. The highest BCUT2D eigenvalue weighted by Crippen LogP contribution is 2.15. The number of halogens is 1. The van der Waals surface area contributed by atoms with Crippen molar-refractivity contribution in [2.75, 3.05) is 14.1 Å². The molecule has 7 nitrogen and oxygen atoms in total. The van der Waals surface area contributed by atoms with Crippen molar-refractivity contribution in [3.05, 3.63) is 34.9 Å². The van der Waals surface area contributed by atoms with E-state index in [0.29, 0.717) is 0 Å². The van der Waals surface area contributed by atoms with Crippen LogP contribution in [0.3, 0.4) is 0 Å². The second-order valence-electron chi connectivity index (χ2n) is 5.98. The Labute approximate surface area is 167 Å². The van der Waals surface area contributed by atoms with Crippen molar-refractivity contribution in [3.8, 4) is 0 Å². The van der Waals surface area contributed by atoms with Crippen LogP contribution in [0, 0.1) is 0 Å². The molecule has 0 saturated heterocycles. The van der Waals surface area contributed by atoms with Crippen molar-refractivity contribution in [1.82, 2.24) is 29.8 Å². The first kappa shape index (κ1) is 21.5. The van der Waals surface area contributed by atoms with E-state index in [1.165, 1.54) is 11.3 Å². The van der Waals surface area contributed by atoms with Crippen LogP contribution in [0.15, 0.2) is 17.4 Å². The van der Waals surface area contributed by atoms with Crippen LogP contribution in [-0.4, -0.2) is 44.5 Å². The second kappa shape index (κ2) is 9.79. The van der Waals surface area contributed by atoms with Gasteiger partial charge in [-0.1, -0.05) is 13.8 Å². The normalized spacial score (nSPS) is 11.4. The van der Waals surface area contributed by atoms with Gasteiger partial charge in [0.25, 0.3) is 0 Å². The first-order chi connectivity index (χ1) is 11.5. The van der Waals surface area contributed by atoms with Crippen LogP contribution in [0.4, 0.5) is 0 Å². The van der Waals surface area contributed by atoms with E-state index in [1.807, 2.05) is 49.9 Å². The lowest BCUT2D eigenvalue weighted by molar-refractivity contribution is 0.476. The average Bonchev–Trinajstić information content (AvgIpc) is 3.10. The van der Waals surface area contributed by atoms with E-state index in [4.69, 9.17) is 0 Å². The molecule has 2 heterocycles. The van der Waals surface area contributed by atoms with Crippen LogP contribution in [0.25, 0.3) is 0 Å². The summed E-state index contributed by atoms with van der Waals surface area (Å²) in [5, 5.41) is 12.3. The molecule has 0 bridgehead atoms. The summed E-state index contributed by atoms with van der Waals surface area (Å²) in [5.74, 6) is 0.867. The number of aliphatic imine (C=N–C) groups is 1. The van der Waals surface area contributed by atoms with Gasteiger partial charge in [-0.15, -0.1) is 24.0 Å². The van der Waals surface area contributed by atoms with Crippen molar-refractivity contribution in [2.24, 2.45) is 19.1 Å². The van der Waals surface area contributed by atoms with Crippen molar-refractivity contribution < 1.29 is 0 Å². The van der Waals surface area contributed by atoms with E-state index in [1.54, 1.807) is 0 Å². The number of aromatic nitrogens is 4. The molecule has 1 N–H and O–H groups in total. The number of nitrogens with zero attached hydrogens (tertiary/aromatic N) is 6. The largest absolute Gasteiger partial charge is 0.352 e. The first-order valence-electron chi connectivity index (χ1n) is 8.43. The Hall–Kier alpha value is -1.58. The van der Waals surface area contributed by atoms with Crippen LogP contribution >= 0.6 is 24.0 Å². The van der Waals surface area contributed by atoms with Gasteiger partial charge in [0.1, 0.15) is 0 Å². The van der Waals surface area contributed by atoms with Gasteiger partial charge in [-0.3, -0.25) is 14.4 Å². The molecule has 0 aliphatic carbocycles. The van der Waals surface area contributed by atoms with E-state index in [9.17, 15) is 0 Å². The lowest BCUT2D eigenvalue weighted by atomic mass is 10.1. The van der Waals surface area contributed by atoms with Crippen molar-refractivity contribution in [2.45, 2.75) is 39.8 Å². The molecule has 0 amide bonds. The highest BCUT2D eigenvalue weighted by atomic mass is 127. The number of guanidine groups is 1. The number of nitrogens with one attached hydrogen (secondary N) is 1. The minimum absolute atomic E-state index is 0. The van der Waals surface area contributed by atoms with Gasteiger partial charge in [-0.05, 0) is 12.8 Å². The molecule has 0 unspecified atom stereocenters. The number of aryl methyl sites for hydroxylation is 3. The van der Waals surface area contributed by atoms with Gasteiger partial charge >= 0.3 is 0 Å². The van der Waals surface area contributed by atoms with E-state index in [0.717, 1.165) is 43.1 Å². The van der Waals surface area contributed by atoms with Gasteiger partial charge in [-0.25, -0.2) is 0 Å². The smallest absolute Gasteiger partial charge is 0.193 e. The van der Waals surface area contributed by atoms with E-state index >= 15 is 0 Å². The van der Waals surface area contributed by atoms with E-state index < -0.39 is 0 Å². The summed E-state index contributed by atoms with van der Waals surface area (Å²) >= 11 is 0. The third kappa shape index (κ3) is 5.20. The monoisotopic (exact) mass is 459 g/mol. The fourth-order valence-corrected chi connectivity index (χ4v) is 3.05. The Bertz CT molecular complexity index is 702. The molecule has 2 aromatic rings. The van der Waals surface area contributed by atoms with Gasteiger partial charge in [0.2, 0.25) is 0 Å². The number of hydrogen-bond donors (Lipinski definition) is 1. The molecule has 0 aliphatic heterocycles. The standard InChI is InChI=1S/C17H29N7.HI/c1-7-15-14(16(8-2)24(6)21-15)10-19-17(18-3)22(4)11-13-9-20-23(5)12-13;/h9,12H,7-8,10-11H2,1-6H3,(H,18,19);1H. The molecule has 0 spiro atoms. The summed E-state index contributed by atoms with van der Waals surface area (Å²) in [6, 6.07) is 0. The zero-order valence-corrected chi connectivity index (χ0v) is 18.4. The molecule has 0 radical (unpaired) electrons. The van der Waals surface area contributed by atoms with Gasteiger partial charge in [0.05, 0.1) is 11.9 Å². The van der Waals surface area contributed by atoms with Gasteiger partial charge < -0.3 is 10.2 Å². The molecule has 0 aromatic carbocycles. The SMILES string of the molecule is CCc1nn(C)c(CC)c1CNC(=NC)N(C)Cc1cnn(C)c1.I. The van der Waals surface area contributed by atoms with Crippen LogP contribution in [0.5, 0.6) is 0 Å². The van der Waals surface area contributed by atoms with Gasteiger partial charge in [0.15, 0.2) is 5.96 Å². The molecule has 0 aliphatic rings. The molecule has 8 heteroatoms. The third-order valence-electron chi connectivity index (χ3n) is 4.20. The zero-order chi connectivity index (χ0) is 17.7. The maximum Gasteiger partial charge on any atom is 0.193 e. The molecule has 0 fully saturated rings. The first-order valence-corrected chi connectivity index (χ1v) is 8.43. The summed E-state index contributed by atoms with van der Waals surface area (Å²) in [4.78, 5) is 6.50. The summed E-state index contributed by atoms with van der Waals surface area (Å²) in [6.45, 7) is 5.82. The molecule has 2 rings (SSSR count). The van der Waals surface area contributed by atoms with Crippen LogP contribution < -0.4 is 5.32 Å². The van der Waals surface area contributed by atoms with Crippen molar-refractivity contribution in [1.29, 1.82) is 0 Å². The van der Waals surface area contributed by atoms with Crippen LogP contribution in [-0.2, 0) is 40.0 Å². The van der Waals surface area contributed by atoms with E-state index in [-0.39, 0.29) is 24.0 Å². The maximum atomic E-state index is 4.63. The lowest BCUT2D eigenvalue weighted by Crippen LogP contribution is -2.38. The molecule has 140 valence electrons. The minimum atomic E-state index is 0. The average molecular weight is 459 g/mol. The van der Waals surface area contributed by atoms with Gasteiger partial charge in [-0.2, -0.15) is 10.2 Å². The fraction of sp³-hybridized carbons (Fsp3) is 0.588. The van der Waals surface area contributed by atoms with Crippen molar-refractivity contribution >= 4 is 29.9 Å². The molecule has 2 aromatic heterocycles. The minimum Gasteiger partial charge on any atom is -0.352 e. The van der Waals surface area contributed by atoms with Gasteiger partial charge in [0, 0.05) is 64.3 Å². The fourth-order valence-electron chi connectivity index (χ4n) is 3.05. The Balaban J connectivity index is 0.00000312. The highest BCUT2D eigenvalue weighted by Gasteiger charge is 2.15. The quantitative estimate of drug-likeness (QED) is 0.409. The molecule has 0 atom stereocenters.